The summed E-state index contributed by atoms with van der Waals surface area (Å²) >= 11 is 1.17. The van der Waals surface area contributed by atoms with Crippen molar-refractivity contribution in [2.75, 3.05) is 5.32 Å². The lowest BCUT2D eigenvalue weighted by Crippen LogP contribution is -2.24. The van der Waals surface area contributed by atoms with Gasteiger partial charge in [0.25, 0.3) is 11.5 Å². The number of aromatic nitrogens is 2. The summed E-state index contributed by atoms with van der Waals surface area (Å²) in [6.07, 6.45) is 1.37. The van der Waals surface area contributed by atoms with Crippen molar-refractivity contribution in [3.8, 4) is 11.1 Å². The van der Waals surface area contributed by atoms with E-state index >= 15 is 0 Å². The molecule has 7 heteroatoms. The molecule has 6 nitrogen and oxygen atoms in total. The van der Waals surface area contributed by atoms with Crippen molar-refractivity contribution in [1.82, 2.24) is 9.55 Å². The van der Waals surface area contributed by atoms with Crippen molar-refractivity contribution < 1.29 is 9.59 Å². The largest absolute Gasteiger partial charge is 0.321 e. The number of carbonyl (C=O) groups excluding carboxylic acids is 2. The number of fused-ring (bicyclic) bond motifs is 1. The molecule has 0 aliphatic heterocycles. The Balaban J connectivity index is 1.39. The molecule has 0 spiro atoms. The van der Waals surface area contributed by atoms with E-state index in [4.69, 9.17) is 0 Å². The highest BCUT2D eigenvalue weighted by Crippen LogP contribution is 2.28. The Kier molecular flexibility index (Phi) is 6.31. The maximum atomic E-state index is 13.2. The van der Waals surface area contributed by atoms with Gasteiger partial charge in [0, 0.05) is 11.3 Å². The molecule has 0 saturated carbocycles. The van der Waals surface area contributed by atoms with Crippen LogP contribution < -0.4 is 10.9 Å². The summed E-state index contributed by atoms with van der Waals surface area (Å²) in [5, 5.41) is 3.28. The van der Waals surface area contributed by atoms with Crippen molar-refractivity contribution in [1.29, 1.82) is 0 Å². The zero-order valence-electron chi connectivity index (χ0n) is 19.8. The fourth-order valence-electron chi connectivity index (χ4n) is 4.11. The van der Waals surface area contributed by atoms with Gasteiger partial charge in [-0.1, -0.05) is 72.8 Å². The molecule has 178 valence electrons. The number of hydrogen-bond donors (Lipinski definition) is 1. The van der Waals surface area contributed by atoms with Crippen LogP contribution in [-0.2, 0) is 6.54 Å². The van der Waals surface area contributed by atoms with Gasteiger partial charge in [-0.25, -0.2) is 4.98 Å². The topological polar surface area (TPSA) is 81.1 Å². The molecule has 0 bridgehead atoms. The van der Waals surface area contributed by atoms with Crippen molar-refractivity contribution in [3.05, 3.63) is 117 Å². The first kappa shape index (κ1) is 23.4. The van der Waals surface area contributed by atoms with Crippen LogP contribution in [-0.4, -0.2) is 21.2 Å². The van der Waals surface area contributed by atoms with E-state index in [-0.39, 0.29) is 23.8 Å². The van der Waals surface area contributed by atoms with Crippen molar-refractivity contribution in [2.45, 2.75) is 20.4 Å². The minimum Gasteiger partial charge on any atom is -0.321 e. The summed E-state index contributed by atoms with van der Waals surface area (Å²) in [5.74, 6) is -0.478. The van der Waals surface area contributed by atoms with E-state index in [9.17, 15) is 14.4 Å². The number of nitrogens with zero attached hydrogens (tertiary/aromatic N) is 2. The summed E-state index contributed by atoms with van der Waals surface area (Å²) in [4.78, 5) is 44.4. The first-order valence-electron chi connectivity index (χ1n) is 11.5. The lowest BCUT2D eigenvalue weighted by Gasteiger charge is -2.07. The number of thiophene rings is 1. The molecule has 36 heavy (non-hydrogen) atoms. The zero-order chi connectivity index (χ0) is 25.2. The Morgan fingerprint density at radius 3 is 2.28 bits per heavy atom. The minimum absolute atomic E-state index is 0.132. The number of rotatable bonds is 6. The Morgan fingerprint density at radius 2 is 1.56 bits per heavy atom. The molecule has 0 unspecified atom stereocenters. The predicted molar refractivity (Wildman–Crippen MR) is 144 cm³/mol. The highest BCUT2D eigenvalue weighted by atomic mass is 32.1. The predicted octanol–water partition coefficient (Wildman–Crippen LogP) is 5.88. The quantitative estimate of drug-likeness (QED) is 0.300. The highest BCUT2D eigenvalue weighted by Gasteiger charge is 2.21. The molecule has 5 aromatic rings. The van der Waals surface area contributed by atoms with Gasteiger partial charge in [0.05, 0.1) is 23.1 Å². The van der Waals surface area contributed by atoms with Gasteiger partial charge >= 0.3 is 0 Å². The fourth-order valence-corrected chi connectivity index (χ4v) is 5.14. The zero-order valence-corrected chi connectivity index (χ0v) is 20.6. The number of nitrogens with one attached hydrogen (secondary N) is 1. The first-order valence-corrected chi connectivity index (χ1v) is 12.3. The van der Waals surface area contributed by atoms with Crippen molar-refractivity contribution in [2.24, 2.45) is 0 Å². The summed E-state index contributed by atoms with van der Waals surface area (Å²) < 4.78 is 1.30. The second-order valence-electron chi connectivity index (χ2n) is 8.55. The van der Waals surface area contributed by atoms with Crippen molar-refractivity contribution in [3.63, 3.8) is 0 Å². The monoisotopic (exact) mass is 493 g/mol. The number of anilines is 1. The number of para-hydroxylation sites is 1. The average Bonchev–Trinajstić information content (AvgIpc) is 3.24. The molecule has 5 rings (SSSR count). The van der Waals surface area contributed by atoms with E-state index in [1.807, 2.05) is 73.7 Å². The highest BCUT2D eigenvalue weighted by molar-refractivity contribution is 7.20. The molecule has 0 aliphatic carbocycles. The van der Waals surface area contributed by atoms with Gasteiger partial charge in [0.15, 0.2) is 5.78 Å². The Labute approximate surface area is 211 Å². The molecule has 0 radical (unpaired) electrons. The van der Waals surface area contributed by atoms with Crippen molar-refractivity contribution >= 4 is 38.9 Å². The van der Waals surface area contributed by atoms with E-state index in [0.717, 1.165) is 16.7 Å². The van der Waals surface area contributed by atoms with Gasteiger partial charge < -0.3 is 5.32 Å². The fraction of sp³-hybridized carbons (Fsp3) is 0.103. The Hall–Kier alpha value is -4.36. The van der Waals surface area contributed by atoms with Crippen LogP contribution in [0.15, 0.2) is 90.0 Å². The number of benzene rings is 3. The minimum atomic E-state index is -0.335. The van der Waals surface area contributed by atoms with E-state index in [0.29, 0.717) is 31.9 Å². The summed E-state index contributed by atoms with van der Waals surface area (Å²) in [5.41, 5.74) is 4.48. The number of ketones is 1. The molecule has 2 aromatic heterocycles. The Morgan fingerprint density at radius 1 is 0.889 bits per heavy atom. The lowest BCUT2D eigenvalue weighted by molar-refractivity contribution is 0.0969. The van der Waals surface area contributed by atoms with Crippen LogP contribution in [0.2, 0.25) is 0 Å². The number of aryl methyl sites for hydroxylation is 2. The number of carbonyl (C=O) groups is 2. The second kappa shape index (κ2) is 9.71. The molecule has 0 atom stereocenters. The van der Waals surface area contributed by atoms with Gasteiger partial charge in [-0.05, 0) is 42.2 Å². The van der Waals surface area contributed by atoms with Gasteiger partial charge in [0.2, 0.25) is 0 Å². The van der Waals surface area contributed by atoms with Crippen LogP contribution in [0.5, 0.6) is 0 Å². The summed E-state index contributed by atoms with van der Waals surface area (Å²) in [6.45, 7) is 3.52. The number of hydrogen-bond acceptors (Lipinski definition) is 5. The lowest BCUT2D eigenvalue weighted by atomic mass is 10.0. The third-order valence-corrected chi connectivity index (χ3v) is 7.34. The molecule has 0 fully saturated rings. The first-order chi connectivity index (χ1) is 17.4. The van der Waals surface area contributed by atoms with Gasteiger partial charge in [0.1, 0.15) is 4.83 Å². The molecule has 2 heterocycles. The number of Topliss-reactive ketones (excluding diaryl/α,β-unsaturated/α-hetero) is 1. The maximum Gasteiger partial charge on any atom is 0.266 e. The summed E-state index contributed by atoms with van der Waals surface area (Å²) in [6, 6.07) is 24.8. The van der Waals surface area contributed by atoms with Crippen LogP contribution >= 0.6 is 11.3 Å². The van der Waals surface area contributed by atoms with Crippen LogP contribution in [0, 0.1) is 13.8 Å². The third kappa shape index (κ3) is 4.48. The van der Waals surface area contributed by atoms with Crippen LogP contribution in [0.25, 0.3) is 21.3 Å². The van der Waals surface area contributed by atoms with Gasteiger partial charge in [-0.15, -0.1) is 11.3 Å². The number of amides is 1. The molecular weight excluding hydrogens is 470 g/mol. The molecule has 3 aromatic carbocycles. The normalized spacial score (nSPS) is 10.9. The van der Waals surface area contributed by atoms with E-state index < -0.39 is 0 Å². The smallest absolute Gasteiger partial charge is 0.266 e. The maximum absolute atomic E-state index is 13.2. The van der Waals surface area contributed by atoms with E-state index in [1.165, 1.54) is 22.2 Å². The molecular formula is C29H23N3O3S. The van der Waals surface area contributed by atoms with Crippen LogP contribution in [0.3, 0.4) is 0 Å². The van der Waals surface area contributed by atoms with Crippen LogP contribution in [0.1, 0.15) is 31.2 Å². The molecule has 1 N–H and O–H groups in total. The van der Waals surface area contributed by atoms with E-state index in [1.54, 1.807) is 19.1 Å². The standard InChI is InChI=1S/C29H23N3O3S/c1-18-8-6-7-11-23(18)31-27(34)26-19(2)25-28(36-26)30-17-32(29(25)35)16-24(33)22-14-12-21(13-15-22)20-9-4-3-5-10-20/h3-15,17H,16H2,1-2H3,(H,31,34). The molecule has 1 amide bonds. The average molecular weight is 494 g/mol. The molecule has 0 saturated heterocycles. The third-order valence-electron chi connectivity index (χ3n) is 6.14. The SMILES string of the molecule is Cc1ccccc1NC(=O)c1sc2ncn(CC(=O)c3ccc(-c4ccccc4)cc3)c(=O)c2c1C. The van der Waals surface area contributed by atoms with E-state index in [2.05, 4.69) is 10.3 Å². The van der Waals surface area contributed by atoms with Crippen LogP contribution in [0.4, 0.5) is 5.69 Å². The van der Waals surface area contributed by atoms with Gasteiger partial charge in [-0.3, -0.25) is 19.0 Å². The molecule has 0 aliphatic rings. The second-order valence-corrected chi connectivity index (χ2v) is 9.55. The Bertz CT molecular complexity index is 1650. The van der Waals surface area contributed by atoms with Gasteiger partial charge in [-0.2, -0.15) is 0 Å². The summed E-state index contributed by atoms with van der Waals surface area (Å²) in [7, 11) is 0.